The van der Waals surface area contributed by atoms with Gasteiger partial charge in [-0.05, 0) is 46.0 Å². The predicted molar refractivity (Wildman–Crippen MR) is 79.8 cm³/mol. The first-order chi connectivity index (χ1) is 9.35. The van der Waals surface area contributed by atoms with E-state index in [1.165, 1.54) is 12.8 Å². The maximum Gasteiger partial charge on any atom is 0.407 e. The normalized spacial score (nSPS) is 18.4. The van der Waals surface area contributed by atoms with E-state index < -0.39 is 5.60 Å². The number of methoxy groups -OCH3 is 1. The van der Waals surface area contributed by atoms with Crippen molar-refractivity contribution in [3.63, 3.8) is 0 Å². The lowest BCUT2D eigenvalue weighted by Gasteiger charge is -2.26. The molecule has 1 fully saturated rings. The molecule has 5 nitrogen and oxygen atoms in total. The third-order valence-electron chi connectivity index (χ3n) is 3.37. The smallest absolute Gasteiger partial charge is 0.407 e. The summed E-state index contributed by atoms with van der Waals surface area (Å²) in [4.78, 5) is 11.7. The number of rotatable bonds is 8. The maximum absolute atomic E-state index is 11.7. The second-order valence-corrected chi connectivity index (χ2v) is 6.55. The molecule has 0 radical (unpaired) electrons. The fourth-order valence-electron chi connectivity index (χ4n) is 2.16. The van der Waals surface area contributed by atoms with E-state index in [0.29, 0.717) is 31.2 Å². The van der Waals surface area contributed by atoms with Crippen molar-refractivity contribution in [3.8, 4) is 0 Å². The highest BCUT2D eigenvalue weighted by atomic mass is 16.6. The summed E-state index contributed by atoms with van der Waals surface area (Å²) in [7, 11) is 1.72. The van der Waals surface area contributed by atoms with Crippen LogP contribution in [0, 0.1) is 5.92 Å². The Morgan fingerprint density at radius 3 is 2.45 bits per heavy atom. The standard InChI is InChI=1S/C15H30N2O3/c1-6-12(10-19-5)17-13(11-7-8-11)9-16-14(18)20-15(2,3)4/h11-13,17H,6-10H2,1-5H3,(H,16,18). The molecule has 2 atom stereocenters. The lowest BCUT2D eigenvalue weighted by Crippen LogP contribution is -2.48. The number of carbonyl (C=O) groups excluding carboxylic acids is 1. The third kappa shape index (κ3) is 7.10. The van der Waals surface area contributed by atoms with E-state index >= 15 is 0 Å². The van der Waals surface area contributed by atoms with E-state index in [0.717, 1.165) is 6.42 Å². The topological polar surface area (TPSA) is 59.6 Å². The van der Waals surface area contributed by atoms with E-state index in [9.17, 15) is 4.79 Å². The summed E-state index contributed by atoms with van der Waals surface area (Å²) in [6.45, 7) is 9.06. The van der Waals surface area contributed by atoms with Crippen LogP contribution in [0.25, 0.3) is 0 Å². The second kappa shape index (κ2) is 7.84. The molecule has 0 saturated heterocycles. The molecule has 118 valence electrons. The molecule has 20 heavy (non-hydrogen) atoms. The number of carbonyl (C=O) groups is 1. The van der Waals surface area contributed by atoms with Gasteiger partial charge in [-0.15, -0.1) is 0 Å². The van der Waals surface area contributed by atoms with Crippen molar-refractivity contribution in [2.75, 3.05) is 20.3 Å². The van der Waals surface area contributed by atoms with Crippen molar-refractivity contribution in [3.05, 3.63) is 0 Å². The minimum Gasteiger partial charge on any atom is -0.444 e. The van der Waals surface area contributed by atoms with Gasteiger partial charge in [-0.3, -0.25) is 0 Å². The Balaban J connectivity index is 2.37. The second-order valence-electron chi connectivity index (χ2n) is 6.55. The van der Waals surface area contributed by atoms with Crippen molar-refractivity contribution in [1.29, 1.82) is 0 Å². The van der Waals surface area contributed by atoms with Crippen LogP contribution in [-0.4, -0.2) is 44.0 Å². The molecule has 1 saturated carbocycles. The zero-order chi connectivity index (χ0) is 15.2. The van der Waals surface area contributed by atoms with E-state index in [4.69, 9.17) is 9.47 Å². The Morgan fingerprint density at radius 2 is 2.00 bits per heavy atom. The Bertz CT molecular complexity index is 298. The minimum absolute atomic E-state index is 0.308. The van der Waals surface area contributed by atoms with Crippen LogP contribution in [0.4, 0.5) is 4.79 Å². The van der Waals surface area contributed by atoms with Crippen molar-refractivity contribution >= 4 is 6.09 Å². The number of alkyl carbamates (subject to hydrolysis) is 1. The van der Waals surface area contributed by atoms with E-state index in [-0.39, 0.29) is 6.09 Å². The summed E-state index contributed by atoms with van der Waals surface area (Å²) in [6, 6.07) is 0.647. The predicted octanol–water partition coefficient (Wildman–Crippen LogP) is 2.30. The molecular formula is C15H30N2O3. The molecule has 2 N–H and O–H groups in total. The molecule has 0 aromatic rings. The van der Waals surface area contributed by atoms with Gasteiger partial charge in [0.1, 0.15) is 5.60 Å². The van der Waals surface area contributed by atoms with Gasteiger partial charge in [0, 0.05) is 25.7 Å². The first kappa shape index (κ1) is 17.2. The lowest BCUT2D eigenvalue weighted by atomic mass is 10.1. The highest BCUT2D eigenvalue weighted by Gasteiger charge is 2.32. The quantitative estimate of drug-likeness (QED) is 0.719. The summed E-state index contributed by atoms with van der Waals surface area (Å²) in [6.07, 6.45) is 3.14. The average molecular weight is 286 g/mol. The molecule has 0 spiro atoms. The molecule has 5 heteroatoms. The SMILES string of the molecule is CCC(COC)NC(CNC(=O)OC(C)(C)C)C1CC1. The number of hydrogen-bond acceptors (Lipinski definition) is 4. The summed E-state index contributed by atoms with van der Waals surface area (Å²) in [5.41, 5.74) is -0.450. The summed E-state index contributed by atoms with van der Waals surface area (Å²) < 4.78 is 10.5. The Hall–Kier alpha value is -0.810. The zero-order valence-corrected chi connectivity index (χ0v) is 13.5. The van der Waals surface area contributed by atoms with E-state index in [1.54, 1.807) is 7.11 Å². The summed E-state index contributed by atoms with van der Waals surface area (Å²) in [5.74, 6) is 0.663. The van der Waals surface area contributed by atoms with Gasteiger partial charge < -0.3 is 20.1 Å². The van der Waals surface area contributed by atoms with Gasteiger partial charge in [-0.25, -0.2) is 4.79 Å². The highest BCUT2D eigenvalue weighted by Crippen LogP contribution is 2.32. The molecule has 0 heterocycles. The first-order valence-electron chi connectivity index (χ1n) is 7.57. The van der Waals surface area contributed by atoms with Gasteiger partial charge in [0.05, 0.1) is 6.61 Å². The Morgan fingerprint density at radius 1 is 1.35 bits per heavy atom. The van der Waals surface area contributed by atoms with Gasteiger partial charge in [0.15, 0.2) is 0 Å². The van der Waals surface area contributed by atoms with Crippen LogP contribution >= 0.6 is 0 Å². The van der Waals surface area contributed by atoms with Crippen LogP contribution in [0.1, 0.15) is 47.0 Å². The summed E-state index contributed by atoms with van der Waals surface area (Å²) in [5, 5.41) is 6.46. The number of hydrogen-bond donors (Lipinski definition) is 2. The van der Waals surface area contributed by atoms with Gasteiger partial charge in [-0.2, -0.15) is 0 Å². The molecule has 0 aromatic heterocycles. The molecule has 1 aliphatic rings. The van der Waals surface area contributed by atoms with E-state index in [2.05, 4.69) is 17.6 Å². The first-order valence-corrected chi connectivity index (χ1v) is 7.57. The van der Waals surface area contributed by atoms with Gasteiger partial charge in [-0.1, -0.05) is 6.92 Å². The molecule has 0 aromatic carbocycles. The fourth-order valence-corrected chi connectivity index (χ4v) is 2.16. The minimum atomic E-state index is -0.450. The molecular weight excluding hydrogens is 256 g/mol. The monoisotopic (exact) mass is 286 g/mol. The van der Waals surface area contributed by atoms with Crippen LogP contribution in [0.5, 0.6) is 0 Å². The lowest BCUT2D eigenvalue weighted by molar-refractivity contribution is 0.0518. The number of ether oxygens (including phenoxy) is 2. The fraction of sp³-hybridized carbons (Fsp3) is 0.933. The van der Waals surface area contributed by atoms with Crippen LogP contribution in [0.3, 0.4) is 0 Å². The molecule has 0 aliphatic heterocycles. The number of nitrogens with one attached hydrogen (secondary N) is 2. The van der Waals surface area contributed by atoms with Crippen molar-refractivity contribution in [2.45, 2.75) is 64.6 Å². The Labute approximate surface area is 122 Å². The third-order valence-corrected chi connectivity index (χ3v) is 3.37. The highest BCUT2D eigenvalue weighted by molar-refractivity contribution is 5.67. The zero-order valence-electron chi connectivity index (χ0n) is 13.5. The van der Waals surface area contributed by atoms with Gasteiger partial charge in [0.25, 0.3) is 0 Å². The Kier molecular flexibility index (Phi) is 6.76. The largest absolute Gasteiger partial charge is 0.444 e. The molecule has 1 rings (SSSR count). The molecule has 1 amide bonds. The van der Waals surface area contributed by atoms with Crippen LogP contribution in [0.2, 0.25) is 0 Å². The number of amides is 1. The molecule has 1 aliphatic carbocycles. The van der Waals surface area contributed by atoms with Crippen LogP contribution < -0.4 is 10.6 Å². The summed E-state index contributed by atoms with van der Waals surface area (Å²) >= 11 is 0. The van der Waals surface area contributed by atoms with Crippen LogP contribution in [-0.2, 0) is 9.47 Å². The molecule has 2 unspecified atom stereocenters. The van der Waals surface area contributed by atoms with Crippen LogP contribution in [0.15, 0.2) is 0 Å². The maximum atomic E-state index is 11.7. The van der Waals surface area contributed by atoms with Crippen molar-refractivity contribution in [2.24, 2.45) is 5.92 Å². The van der Waals surface area contributed by atoms with Gasteiger partial charge >= 0.3 is 6.09 Å². The van der Waals surface area contributed by atoms with E-state index in [1.807, 2.05) is 20.8 Å². The molecule has 0 bridgehead atoms. The van der Waals surface area contributed by atoms with Crippen molar-refractivity contribution < 1.29 is 14.3 Å². The average Bonchev–Trinajstić information content (AvgIpc) is 3.15. The van der Waals surface area contributed by atoms with Gasteiger partial charge in [0.2, 0.25) is 0 Å². The van der Waals surface area contributed by atoms with Crippen molar-refractivity contribution in [1.82, 2.24) is 10.6 Å².